The molecule has 0 aromatic heterocycles. The third-order valence-electron chi connectivity index (χ3n) is 2.38. The molecule has 0 saturated carbocycles. The summed E-state index contributed by atoms with van der Waals surface area (Å²) in [6.45, 7) is 2.12. The first-order chi connectivity index (χ1) is 9.56. The number of hydrogen-bond acceptors (Lipinski definition) is 4. The lowest BCUT2D eigenvalue weighted by molar-refractivity contribution is 0.0215. The molecule has 0 aliphatic carbocycles. The van der Waals surface area contributed by atoms with Crippen molar-refractivity contribution in [2.75, 3.05) is 30.8 Å². The lowest BCUT2D eigenvalue weighted by Gasteiger charge is -2.14. The lowest BCUT2D eigenvalue weighted by atomic mass is 10.1. The van der Waals surface area contributed by atoms with Crippen LogP contribution in [0, 0.1) is 0 Å². The van der Waals surface area contributed by atoms with Crippen LogP contribution in [0.15, 0.2) is 23.1 Å². The molecule has 0 radical (unpaired) electrons. The maximum absolute atomic E-state index is 11.9. The summed E-state index contributed by atoms with van der Waals surface area (Å²) >= 11 is 6.74. The molecule has 112 valence electrons. The SMILES string of the molecule is CCSc1cccc(NCCOCC(F)F)c1C(N)=S. The summed E-state index contributed by atoms with van der Waals surface area (Å²) in [5.41, 5.74) is 7.36. The van der Waals surface area contributed by atoms with Crippen LogP contribution in [0.4, 0.5) is 14.5 Å². The number of thioether (sulfide) groups is 1. The molecule has 7 heteroatoms. The van der Waals surface area contributed by atoms with E-state index in [1.165, 1.54) is 0 Å². The summed E-state index contributed by atoms with van der Waals surface area (Å²) in [6, 6.07) is 5.73. The van der Waals surface area contributed by atoms with Gasteiger partial charge in [0.25, 0.3) is 6.43 Å². The van der Waals surface area contributed by atoms with Gasteiger partial charge < -0.3 is 15.8 Å². The molecule has 1 aromatic carbocycles. The molecule has 0 spiro atoms. The fourth-order valence-corrected chi connectivity index (χ4v) is 2.77. The van der Waals surface area contributed by atoms with Crippen molar-refractivity contribution in [2.24, 2.45) is 5.73 Å². The second-order valence-corrected chi connectivity index (χ2v) is 5.61. The topological polar surface area (TPSA) is 47.3 Å². The zero-order valence-electron chi connectivity index (χ0n) is 11.2. The fourth-order valence-electron chi connectivity index (χ4n) is 1.64. The van der Waals surface area contributed by atoms with Gasteiger partial charge in [-0.15, -0.1) is 11.8 Å². The lowest BCUT2D eigenvalue weighted by Crippen LogP contribution is -2.17. The zero-order chi connectivity index (χ0) is 15.0. The van der Waals surface area contributed by atoms with Gasteiger partial charge in [-0.25, -0.2) is 8.78 Å². The van der Waals surface area contributed by atoms with Gasteiger partial charge in [-0.05, 0) is 17.9 Å². The molecular weight excluding hydrogens is 302 g/mol. The van der Waals surface area contributed by atoms with E-state index >= 15 is 0 Å². The van der Waals surface area contributed by atoms with Crippen molar-refractivity contribution in [3.05, 3.63) is 23.8 Å². The van der Waals surface area contributed by atoms with Crippen molar-refractivity contribution in [2.45, 2.75) is 18.2 Å². The van der Waals surface area contributed by atoms with Gasteiger partial charge in [0, 0.05) is 22.7 Å². The Hall–Kier alpha value is -0.920. The van der Waals surface area contributed by atoms with Crippen molar-refractivity contribution in [3.63, 3.8) is 0 Å². The van der Waals surface area contributed by atoms with Crippen LogP contribution < -0.4 is 11.1 Å². The van der Waals surface area contributed by atoms with Gasteiger partial charge in [0.1, 0.15) is 11.6 Å². The first-order valence-electron chi connectivity index (χ1n) is 6.21. The van der Waals surface area contributed by atoms with E-state index in [4.69, 9.17) is 22.7 Å². The van der Waals surface area contributed by atoms with Crippen molar-refractivity contribution in [1.82, 2.24) is 0 Å². The molecule has 0 heterocycles. The van der Waals surface area contributed by atoms with Crippen molar-refractivity contribution in [3.8, 4) is 0 Å². The van der Waals surface area contributed by atoms with Crippen LogP contribution in [0.1, 0.15) is 12.5 Å². The van der Waals surface area contributed by atoms with Gasteiger partial charge >= 0.3 is 0 Å². The van der Waals surface area contributed by atoms with E-state index in [2.05, 4.69) is 5.32 Å². The quantitative estimate of drug-likeness (QED) is 0.416. The number of anilines is 1. The van der Waals surface area contributed by atoms with Crippen LogP contribution >= 0.6 is 24.0 Å². The van der Waals surface area contributed by atoms with Crippen LogP contribution in [0.2, 0.25) is 0 Å². The second kappa shape index (κ2) is 9.10. The number of benzene rings is 1. The maximum Gasteiger partial charge on any atom is 0.261 e. The van der Waals surface area contributed by atoms with Crippen molar-refractivity contribution < 1.29 is 13.5 Å². The smallest absolute Gasteiger partial charge is 0.261 e. The van der Waals surface area contributed by atoms with Crippen LogP contribution in [-0.4, -0.2) is 36.9 Å². The van der Waals surface area contributed by atoms with E-state index < -0.39 is 13.0 Å². The number of ether oxygens (including phenoxy) is 1. The third kappa shape index (κ3) is 5.60. The number of hydrogen-bond donors (Lipinski definition) is 2. The Labute approximate surface area is 127 Å². The molecule has 0 bridgehead atoms. The molecule has 0 fully saturated rings. The van der Waals surface area contributed by atoms with E-state index in [9.17, 15) is 8.78 Å². The Bertz CT molecular complexity index is 444. The summed E-state index contributed by atoms with van der Waals surface area (Å²) < 4.78 is 28.6. The van der Waals surface area contributed by atoms with Crippen molar-refractivity contribution in [1.29, 1.82) is 0 Å². The van der Waals surface area contributed by atoms with E-state index in [-0.39, 0.29) is 6.61 Å². The Morgan fingerprint density at radius 2 is 2.25 bits per heavy atom. The minimum Gasteiger partial charge on any atom is -0.389 e. The van der Waals surface area contributed by atoms with Gasteiger partial charge in [0.2, 0.25) is 0 Å². The Kier molecular flexibility index (Phi) is 7.79. The molecule has 0 aliphatic heterocycles. The highest BCUT2D eigenvalue weighted by molar-refractivity contribution is 7.99. The number of alkyl halides is 2. The first kappa shape index (κ1) is 17.1. The molecule has 0 saturated heterocycles. The molecule has 3 N–H and O–H groups in total. The minimum absolute atomic E-state index is 0.201. The van der Waals surface area contributed by atoms with E-state index in [0.29, 0.717) is 11.5 Å². The Morgan fingerprint density at radius 3 is 2.85 bits per heavy atom. The summed E-state index contributed by atoms with van der Waals surface area (Å²) in [7, 11) is 0. The van der Waals surface area contributed by atoms with E-state index in [0.717, 1.165) is 21.9 Å². The monoisotopic (exact) mass is 320 g/mol. The number of thiocarbonyl (C=S) groups is 1. The standard InChI is InChI=1S/C13H18F2N2OS2/c1-2-20-10-5-3-4-9(12(10)13(16)19)17-6-7-18-8-11(14)15/h3-5,11,17H,2,6-8H2,1H3,(H2,16,19). The Balaban J connectivity index is 2.64. The summed E-state index contributed by atoms with van der Waals surface area (Å²) in [6.07, 6.45) is -2.44. The Morgan fingerprint density at radius 1 is 1.50 bits per heavy atom. The van der Waals surface area contributed by atoms with Gasteiger partial charge in [-0.1, -0.05) is 25.2 Å². The average molecular weight is 320 g/mol. The molecule has 1 rings (SSSR count). The highest BCUT2D eigenvalue weighted by atomic mass is 32.2. The van der Waals surface area contributed by atoms with Gasteiger partial charge in [-0.3, -0.25) is 0 Å². The molecule has 0 amide bonds. The average Bonchev–Trinajstić information content (AvgIpc) is 2.38. The first-order valence-corrected chi connectivity index (χ1v) is 7.61. The van der Waals surface area contributed by atoms with E-state index in [1.54, 1.807) is 11.8 Å². The molecule has 0 atom stereocenters. The highest BCUT2D eigenvalue weighted by Gasteiger charge is 2.11. The molecular formula is C13H18F2N2OS2. The van der Waals surface area contributed by atoms with Crippen molar-refractivity contribution >= 4 is 34.7 Å². The van der Waals surface area contributed by atoms with Crippen LogP contribution in [0.5, 0.6) is 0 Å². The minimum atomic E-state index is -2.44. The predicted molar refractivity (Wildman–Crippen MR) is 84.0 cm³/mol. The van der Waals surface area contributed by atoms with Crippen LogP contribution in [0.3, 0.4) is 0 Å². The number of nitrogens with one attached hydrogen (secondary N) is 1. The molecule has 20 heavy (non-hydrogen) atoms. The van der Waals surface area contributed by atoms with Gasteiger partial charge in [-0.2, -0.15) is 0 Å². The molecule has 1 aromatic rings. The highest BCUT2D eigenvalue weighted by Crippen LogP contribution is 2.28. The van der Waals surface area contributed by atoms with E-state index in [1.807, 2.05) is 25.1 Å². The van der Waals surface area contributed by atoms with Gasteiger partial charge in [0.05, 0.1) is 6.61 Å². The summed E-state index contributed by atoms with van der Waals surface area (Å²) in [4.78, 5) is 1.33. The van der Waals surface area contributed by atoms with Crippen LogP contribution in [0.25, 0.3) is 0 Å². The molecule has 0 aliphatic rings. The molecule has 0 unspecified atom stereocenters. The number of rotatable bonds is 9. The largest absolute Gasteiger partial charge is 0.389 e. The summed E-state index contributed by atoms with van der Waals surface area (Å²) in [5, 5.41) is 3.12. The fraction of sp³-hybridized carbons (Fsp3) is 0.462. The number of halogens is 2. The normalized spacial score (nSPS) is 10.8. The summed E-state index contributed by atoms with van der Waals surface area (Å²) in [5.74, 6) is 0.913. The maximum atomic E-state index is 11.9. The zero-order valence-corrected chi connectivity index (χ0v) is 12.8. The predicted octanol–water partition coefficient (Wildman–Crippen LogP) is 3.13. The molecule has 3 nitrogen and oxygen atoms in total. The van der Waals surface area contributed by atoms with Gasteiger partial charge in [0.15, 0.2) is 0 Å². The van der Waals surface area contributed by atoms with Crippen LogP contribution in [-0.2, 0) is 4.74 Å². The second-order valence-electron chi connectivity index (χ2n) is 3.87. The number of nitrogens with two attached hydrogens (primary N) is 1. The third-order valence-corrected chi connectivity index (χ3v) is 3.52.